The lowest BCUT2D eigenvalue weighted by atomic mass is 10.1. The van der Waals surface area contributed by atoms with Crippen LogP contribution in [0.5, 0.6) is 0 Å². The summed E-state index contributed by atoms with van der Waals surface area (Å²) in [6.07, 6.45) is 4.84. The zero-order valence-corrected chi connectivity index (χ0v) is 13.7. The van der Waals surface area contributed by atoms with Crippen LogP contribution in [0.3, 0.4) is 0 Å². The van der Waals surface area contributed by atoms with Crippen molar-refractivity contribution >= 4 is 33.2 Å². The number of allylic oxidation sites excluding steroid dienone is 1. The molecule has 0 radical (unpaired) electrons. The normalized spacial score (nSPS) is 17.3. The standard InChI is InChI=1S/C17H13BrN4O/c18-12-3-4-13-14(8-12)21-16(22-7-6-20-17(13)22)9-15(23)11-2-1-5-19-10-11/h1-5,8-10,21H,6-7H2. The molecule has 0 fully saturated rings. The van der Waals surface area contributed by atoms with Crippen molar-refractivity contribution in [2.75, 3.05) is 18.4 Å². The molecule has 6 heteroatoms. The maximum absolute atomic E-state index is 12.4. The average Bonchev–Trinajstić information content (AvgIpc) is 3.05. The number of amidine groups is 1. The summed E-state index contributed by atoms with van der Waals surface area (Å²) in [5.74, 6) is 1.59. The summed E-state index contributed by atoms with van der Waals surface area (Å²) < 4.78 is 0.980. The van der Waals surface area contributed by atoms with E-state index in [1.165, 1.54) is 0 Å². The van der Waals surface area contributed by atoms with Crippen molar-refractivity contribution in [3.63, 3.8) is 0 Å². The summed E-state index contributed by atoms with van der Waals surface area (Å²) in [6.45, 7) is 1.49. The maximum atomic E-state index is 12.4. The molecule has 4 rings (SSSR count). The lowest BCUT2D eigenvalue weighted by molar-refractivity contribution is 0.104. The molecule has 1 aromatic heterocycles. The van der Waals surface area contributed by atoms with Crippen molar-refractivity contribution in [1.82, 2.24) is 9.88 Å². The number of nitrogens with one attached hydrogen (secondary N) is 1. The minimum Gasteiger partial charge on any atom is -0.341 e. The molecular weight excluding hydrogens is 356 g/mol. The minimum absolute atomic E-state index is 0.0784. The molecule has 3 heterocycles. The number of fused-ring (bicyclic) bond motifs is 3. The van der Waals surface area contributed by atoms with Crippen molar-refractivity contribution in [3.8, 4) is 0 Å². The second-order valence-corrected chi connectivity index (χ2v) is 6.22. The molecule has 2 aromatic rings. The van der Waals surface area contributed by atoms with E-state index in [2.05, 4.69) is 31.2 Å². The zero-order chi connectivity index (χ0) is 15.8. The van der Waals surface area contributed by atoms with Gasteiger partial charge in [-0.05, 0) is 30.3 Å². The molecule has 23 heavy (non-hydrogen) atoms. The van der Waals surface area contributed by atoms with Crippen molar-refractivity contribution in [3.05, 3.63) is 70.2 Å². The predicted molar refractivity (Wildman–Crippen MR) is 92.5 cm³/mol. The molecule has 0 saturated heterocycles. The molecule has 0 aliphatic carbocycles. The highest BCUT2D eigenvalue weighted by Gasteiger charge is 2.29. The average molecular weight is 369 g/mol. The molecule has 1 N–H and O–H groups in total. The first-order chi connectivity index (χ1) is 11.2. The molecule has 0 spiro atoms. The number of ketones is 1. The first-order valence-corrected chi connectivity index (χ1v) is 8.07. The number of carbonyl (C=O) groups is 1. The molecular formula is C17H13BrN4O. The van der Waals surface area contributed by atoms with Gasteiger partial charge >= 0.3 is 0 Å². The van der Waals surface area contributed by atoms with Crippen LogP contribution in [0.4, 0.5) is 5.69 Å². The van der Waals surface area contributed by atoms with Crippen LogP contribution in [-0.2, 0) is 0 Å². The van der Waals surface area contributed by atoms with Crippen molar-refractivity contribution < 1.29 is 4.79 Å². The lowest BCUT2D eigenvalue weighted by Crippen LogP contribution is -2.36. The molecule has 2 aliphatic heterocycles. The van der Waals surface area contributed by atoms with Gasteiger partial charge in [-0.15, -0.1) is 0 Å². The van der Waals surface area contributed by atoms with Crippen LogP contribution >= 0.6 is 15.9 Å². The zero-order valence-electron chi connectivity index (χ0n) is 12.2. The fourth-order valence-corrected chi connectivity index (χ4v) is 3.12. The van der Waals surface area contributed by atoms with Gasteiger partial charge in [0.15, 0.2) is 5.78 Å². The third-order valence-electron chi connectivity index (χ3n) is 3.83. The summed E-state index contributed by atoms with van der Waals surface area (Å²) in [5.41, 5.74) is 2.57. The molecule has 114 valence electrons. The number of benzene rings is 1. The highest BCUT2D eigenvalue weighted by Crippen LogP contribution is 2.32. The molecule has 0 bridgehead atoms. The first-order valence-electron chi connectivity index (χ1n) is 7.27. The van der Waals surface area contributed by atoms with E-state index in [1.807, 2.05) is 23.1 Å². The number of carbonyl (C=O) groups excluding carboxylic acids is 1. The Labute approximate surface area is 141 Å². The highest BCUT2D eigenvalue weighted by atomic mass is 79.9. The van der Waals surface area contributed by atoms with Gasteiger partial charge in [0.05, 0.1) is 12.2 Å². The number of hydrogen-bond donors (Lipinski definition) is 1. The van der Waals surface area contributed by atoms with Crippen LogP contribution in [-0.4, -0.2) is 34.6 Å². The van der Waals surface area contributed by atoms with E-state index in [4.69, 9.17) is 0 Å². The van der Waals surface area contributed by atoms with E-state index >= 15 is 0 Å². The number of hydrogen-bond acceptors (Lipinski definition) is 5. The maximum Gasteiger partial charge on any atom is 0.191 e. The van der Waals surface area contributed by atoms with Crippen molar-refractivity contribution in [2.24, 2.45) is 4.99 Å². The summed E-state index contributed by atoms with van der Waals surface area (Å²) in [7, 11) is 0. The Morgan fingerprint density at radius 2 is 2.26 bits per heavy atom. The minimum atomic E-state index is -0.0784. The topological polar surface area (TPSA) is 57.6 Å². The fraction of sp³-hybridized carbons (Fsp3) is 0.118. The van der Waals surface area contributed by atoms with Gasteiger partial charge in [0.25, 0.3) is 0 Å². The number of rotatable bonds is 2. The van der Waals surface area contributed by atoms with E-state index in [0.29, 0.717) is 5.56 Å². The molecule has 5 nitrogen and oxygen atoms in total. The van der Waals surface area contributed by atoms with Crippen molar-refractivity contribution in [1.29, 1.82) is 0 Å². The Morgan fingerprint density at radius 1 is 1.35 bits per heavy atom. The van der Waals surface area contributed by atoms with Gasteiger partial charge in [0.2, 0.25) is 0 Å². The van der Waals surface area contributed by atoms with Gasteiger partial charge in [-0.3, -0.25) is 14.8 Å². The Balaban J connectivity index is 1.74. The van der Waals surface area contributed by atoms with Gasteiger partial charge < -0.3 is 10.2 Å². The number of anilines is 1. The Morgan fingerprint density at radius 3 is 3.09 bits per heavy atom. The van der Waals surface area contributed by atoms with Crippen LogP contribution in [0.2, 0.25) is 0 Å². The molecule has 0 amide bonds. The number of pyridine rings is 1. The van der Waals surface area contributed by atoms with E-state index < -0.39 is 0 Å². The predicted octanol–water partition coefficient (Wildman–Crippen LogP) is 3.06. The van der Waals surface area contributed by atoms with Gasteiger partial charge in [-0.1, -0.05) is 15.9 Å². The highest BCUT2D eigenvalue weighted by molar-refractivity contribution is 9.10. The van der Waals surface area contributed by atoms with Crippen LogP contribution in [0.1, 0.15) is 15.9 Å². The van der Waals surface area contributed by atoms with Crippen LogP contribution in [0.15, 0.2) is 64.1 Å². The first kappa shape index (κ1) is 14.1. The summed E-state index contributed by atoms with van der Waals surface area (Å²) >= 11 is 3.48. The molecule has 0 atom stereocenters. The fourth-order valence-electron chi connectivity index (χ4n) is 2.76. The number of nitrogens with zero attached hydrogens (tertiary/aromatic N) is 3. The molecule has 0 unspecified atom stereocenters. The van der Waals surface area contributed by atoms with E-state index in [9.17, 15) is 4.79 Å². The van der Waals surface area contributed by atoms with Gasteiger partial charge in [-0.25, -0.2) is 0 Å². The summed E-state index contributed by atoms with van der Waals surface area (Å²) in [4.78, 5) is 23.1. The van der Waals surface area contributed by atoms with Gasteiger partial charge in [-0.2, -0.15) is 0 Å². The van der Waals surface area contributed by atoms with E-state index in [-0.39, 0.29) is 5.78 Å². The third kappa shape index (κ3) is 2.55. The summed E-state index contributed by atoms with van der Waals surface area (Å²) in [6, 6.07) is 9.54. The summed E-state index contributed by atoms with van der Waals surface area (Å²) in [5, 5.41) is 3.34. The van der Waals surface area contributed by atoms with Crippen LogP contribution in [0, 0.1) is 0 Å². The Hall–Kier alpha value is -2.47. The Kier molecular flexibility index (Phi) is 3.46. The SMILES string of the molecule is O=C(C=C1Nc2cc(Br)ccc2C2=NCCN12)c1cccnc1. The number of halogens is 1. The molecule has 2 aliphatic rings. The lowest BCUT2D eigenvalue weighted by Gasteiger charge is -2.31. The smallest absolute Gasteiger partial charge is 0.191 e. The monoisotopic (exact) mass is 368 g/mol. The van der Waals surface area contributed by atoms with Crippen molar-refractivity contribution in [2.45, 2.75) is 0 Å². The van der Waals surface area contributed by atoms with Gasteiger partial charge in [0, 0.05) is 40.6 Å². The number of aliphatic imine (C=N–C) groups is 1. The van der Waals surface area contributed by atoms with Gasteiger partial charge in [0.1, 0.15) is 11.7 Å². The molecule has 1 aromatic carbocycles. The van der Waals surface area contributed by atoms with E-state index in [0.717, 1.165) is 40.5 Å². The quantitative estimate of drug-likeness (QED) is 0.653. The second-order valence-electron chi connectivity index (χ2n) is 5.31. The second kappa shape index (κ2) is 5.62. The van der Waals surface area contributed by atoms with E-state index in [1.54, 1.807) is 30.6 Å². The molecule has 0 saturated carbocycles. The Bertz CT molecular complexity index is 845. The van der Waals surface area contributed by atoms with Crippen LogP contribution < -0.4 is 5.32 Å². The third-order valence-corrected chi connectivity index (χ3v) is 4.32. The van der Waals surface area contributed by atoms with Crippen LogP contribution in [0.25, 0.3) is 0 Å². The largest absolute Gasteiger partial charge is 0.341 e. The number of aromatic nitrogens is 1.